The highest BCUT2D eigenvalue weighted by molar-refractivity contribution is 5.81. The molecule has 6 heteroatoms. The van der Waals surface area contributed by atoms with Gasteiger partial charge in [-0.2, -0.15) is 5.10 Å². The molecule has 0 radical (unpaired) electrons. The molecule has 1 aromatic rings. The molecule has 3 heterocycles. The second kappa shape index (κ2) is 7.01. The molecule has 6 nitrogen and oxygen atoms in total. The van der Waals surface area contributed by atoms with E-state index in [0.717, 1.165) is 44.8 Å². The van der Waals surface area contributed by atoms with Crippen LogP contribution < -0.4 is 5.32 Å². The molecule has 0 spiro atoms. The van der Waals surface area contributed by atoms with Crippen LogP contribution in [-0.2, 0) is 16.6 Å². The van der Waals surface area contributed by atoms with Gasteiger partial charge < -0.3 is 15.0 Å². The van der Waals surface area contributed by atoms with Crippen molar-refractivity contribution >= 4 is 5.91 Å². The Bertz CT molecular complexity index is 542. The van der Waals surface area contributed by atoms with Crippen molar-refractivity contribution in [2.75, 3.05) is 32.8 Å². The summed E-state index contributed by atoms with van der Waals surface area (Å²) in [4.78, 5) is 14.9. The fourth-order valence-electron chi connectivity index (χ4n) is 3.55. The summed E-state index contributed by atoms with van der Waals surface area (Å²) in [5, 5.41) is 7.62. The van der Waals surface area contributed by atoms with E-state index in [9.17, 15) is 4.79 Å². The summed E-state index contributed by atoms with van der Waals surface area (Å²) in [5.41, 5.74) is 1.16. The number of ether oxygens (including phenoxy) is 1. The summed E-state index contributed by atoms with van der Waals surface area (Å²) in [7, 11) is 1.92. The van der Waals surface area contributed by atoms with Gasteiger partial charge in [0.05, 0.1) is 18.2 Å². The van der Waals surface area contributed by atoms with Crippen molar-refractivity contribution in [2.24, 2.45) is 18.9 Å². The van der Waals surface area contributed by atoms with Crippen molar-refractivity contribution in [3.05, 3.63) is 18.0 Å². The molecule has 3 rings (SSSR count). The molecule has 3 atom stereocenters. The van der Waals surface area contributed by atoms with E-state index in [0.29, 0.717) is 5.92 Å². The fraction of sp³-hybridized carbons (Fsp3) is 0.765. The van der Waals surface area contributed by atoms with Crippen LogP contribution in [0.25, 0.3) is 0 Å². The SMILES string of the molecule is CC(C)COC1CCN(C(=O)[C@H]2CNC[C@@H]2c2cnn(C)c2)C1. The minimum absolute atomic E-state index is 0.0167. The van der Waals surface area contributed by atoms with Crippen LogP contribution in [0.2, 0.25) is 0 Å². The molecule has 2 aliphatic heterocycles. The zero-order chi connectivity index (χ0) is 16.4. The molecule has 0 saturated carbocycles. The van der Waals surface area contributed by atoms with Crippen LogP contribution >= 0.6 is 0 Å². The molecular formula is C17H28N4O2. The minimum Gasteiger partial charge on any atom is -0.376 e. The summed E-state index contributed by atoms with van der Waals surface area (Å²) < 4.78 is 7.71. The van der Waals surface area contributed by atoms with Crippen LogP contribution in [0.15, 0.2) is 12.4 Å². The van der Waals surface area contributed by atoms with Gasteiger partial charge in [0.2, 0.25) is 5.91 Å². The average Bonchev–Trinajstić information content (AvgIpc) is 3.24. The van der Waals surface area contributed by atoms with E-state index in [1.165, 1.54) is 0 Å². The van der Waals surface area contributed by atoms with Crippen molar-refractivity contribution < 1.29 is 9.53 Å². The maximum atomic E-state index is 12.9. The fourth-order valence-corrected chi connectivity index (χ4v) is 3.55. The summed E-state index contributed by atoms with van der Waals surface area (Å²) in [6, 6.07) is 0. The standard InChI is InChI=1S/C17H28N4O2/c1-12(2)11-23-14-4-5-21(10-14)17(22)16-8-18-7-15(16)13-6-19-20(3)9-13/h6,9,12,14-16,18H,4-5,7-8,10-11H2,1-3H3/t14?,15-,16+/m1/s1. The lowest BCUT2D eigenvalue weighted by molar-refractivity contribution is -0.134. The van der Waals surface area contributed by atoms with Crippen LogP contribution in [0.4, 0.5) is 0 Å². The molecule has 1 amide bonds. The molecular weight excluding hydrogens is 292 g/mol. The van der Waals surface area contributed by atoms with Crippen molar-refractivity contribution in [1.29, 1.82) is 0 Å². The van der Waals surface area contributed by atoms with Gasteiger partial charge in [0.25, 0.3) is 0 Å². The first-order valence-corrected chi connectivity index (χ1v) is 8.64. The number of nitrogens with zero attached hydrogens (tertiary/aromatic N) is 3. The van der Waals surface area contributed by atoms with Crippen molar-refractivity contribution in [3.63, 3.8) is 0 Å². The number of hydrogen-bond acceptors (Lipinski definition) is 4. The number of carbonyl (C=O) groups excluding carboxylic acids is 1. The summed E-state index contributed by atoms with van der Waals surface area (Å²) in [5.74, 6) is 1.04. The number of aryl methyl sites for hydroxylation is 1. The van der Waals surface area contributed by atoms with Crippen LogP contribution in [-0.4, -0.2) is 59.5 Å². The number of amides is 1. The van der Waals surface area contributed by atoms with Gasteiger partial charge in [-0.1, -0.05) is 13.8 Å². The third-order valence-electron chi connectivity index (χ3n) is 4.81. The smallest absolute Gasteiger partial charge is 0.227 e. The highest BCUT2D eigenvalue weighted by Crippen LogP contribution is 2.30. The third-order valence-corrected chi connectivity index (χ3v) is 4.81. The first-order chi connectivity index (χ1) is 11.0. The van der Waals surface area contributed by atoms with Gasteiger partial charge in [-0.15, -0.1) is 0 Å². The average molecular weight is 320 g/mol. The van der Waals surface area contributed by atoms with Gasteiger partial charge in [-0.3, -0.25) is 9.48 Å². The number of likely N-dealkylation sites (tertiary alicyclic amines) is 1. The van der Waals surface area contributed by atoms with E-state index >= 15 is 0 Å². The molecule has 0 aliphatic carbocycles. The first kappa shape index (κ1) is 16.5. The molecule has 1 unspecified atom stereocenters. The maximum absolute atomic E-state index is 12.9. The van der Waals surface area contributed by atoms with E-state index in [-0.39, 0.29) is 23.8 Å². The molecule has 0 bridgehead atoms. The zero-order valence-corrected chi connectivity index (χ0v) is 14.4. The normalized spacial score (nSPS) is 28.0. The summed E-state index contributed by atoms with van der Waals surface area (Å²) in [6.07, 6.45) is 5.07. The van der Waals surface area contributed by atoms with Crippen molar-refractivity contribution in [3.8, 4) is 0 Å². The van der Waals surface area contributed by atoms with E-state index < -0.39 is 0 Å². The molecule has 2 saturated heterocycles. The Hall–Kier alpha value is -1.40. The Labute approximate surface area is 138 Å². The number of aromatic nitrogens is 2. The Morgan fingerprint density at radius 1 is 1.48 bits per heavy atom. The lowest BCUT2D eigenvalue weighted by atomic mass is 9.90. The third kappa shape index (κ3) is 3.75. The molecule has 2 aliphatic rings. The van der Waals surface area contributed by atoms with Crippen molar-refractivity contribution in [1.82, 2.24) is 20.0 Å². The quantitative estimate of drug-likeness (QED) is 0.879. The molecule has 23 heavy (non-hydrogen) atoms. The molecule has 1 N–H and O–H groups in total. The topological polar surface area (TPSA) is 59.4 Å². The number of carbonyl (C=O) groups is 1. The van der Waals surface area contributed by atoms with Crippen LogP contribution in [0.1, 0.15) is 31.7 Å². The summed E-state index contributed by atoms with van der Waals surface area (Å²) in [6.45, 7) is 8.24. The van der Waals surface area contributed by atoms with Gasteiger partial charge in [-0.25, -0.2) is 0 Å². The predicted molar refractivity (Wildman–Crippen MR) is 88.1 cm³/mol. The molecule has 0 aromatic carbocycles. The Balaban J connectivity index is 1.59. The molecule has 128 valence electrons. The lowest BCUT2D eigenvalue weighted by Gasteiger charge is -2.24. The van der Waals surface area contributed by atoms with E-state index in [1.807, 2.05) is 24.3 Å². The number of nitrogens with one attached hydrogen (secondary N) is 1. The van der Waals surface area contributed by atoms with Gasteiger partial charge in [0.1, 0.15) is 0 Å². The zero-order valence-electron chi connectivity index (χ0n) is 14.4. The number of hydrogen-bond donors (Lipinski definition) is 1. The molecule has 2 fully saturated rings. The van der Waals surface area contributed by atoms with Gasteiger partial charge in [0.15, 0.2) is 0 Å². The monoisotopic (exact) mass is 320 g/mol. The highest BCUT2D eigenvalue weighted by atomic mass is 16.5. The number of rotatable bonds is 5. The lowest BCUT2D eigenvalue weighted by Crippen LogP contribution is -2.38. The Kier molecular flexibility index (Phi) is 5.02. The largest absolute Gasteiger partial charge is 0.376 e. The predicted octanol–water partition coefficient (Wildman–Crippen LogP) is 0.997. The van der Waals surface area contributed by atoms with Crippen LogP contribution in [0.3, 0.4) is 0 Å². The van der Waals surface area contributed by atoms with Crippen LogP contribution in [0, 0.1) is 11.8 Å². The highest BCUT2D eigenvalue weighted by Gasteiger charge is 2.39. The van der Waals surface area contributed by atoms with Gasteiger partial charge in [-0.05, 0) is 17.9 Å². The van der Waals surface area contributed by atoms with E-state index in [1.54, 1.807) is 4.68 Å². The minimum atomic E-state index is 0.0167. The first-order valence-electron chi connectivity index (χ1n) is 8.64. The van der Waals surface area contributed by atoms with Gasteiger partial charge in [0, 0.05) is 51.9 Å². The second-order valence-corrected chi connectivity index (χ2v) is 7.24. The second-order valence-electron chi connectivity index (χ2n) is 7.24. The maximum Gasteiger partial charge on any atom is 0.227 e. The summed E-state index contributed by atoms with van der Waals surface area (Å²) >= 11 is 0. The van der Waals surface area contributed by atoms with Gasteiger partial charge >= 0.3 is 0 Å². The Morgan fingerprint density at radius 2 is 2.30 bits per heavy atom. The van der Waals surface area contributed by atoms with E-state index in [4.69, 9.17) is 4.74 Å². The Morgan fingerprint density at radius 3 is 3.00 bits per heavy atom. The van der Waals surface area contributed by atoms with Crippen molar-refractivity contribution in [2.45, 2.75) is 32.3 Å². The molecule has 1 aromatic heterocycles. The van der Waals surface area contributed by atoms with Crippen LogP contribution in [0.5, 0.6) is 0 Å². The van der Waals surface area contributed by atoms with E-state index in [2.05, 4.69) is 24.3 Å².